The minimum atomic E-state index is 0.767. The lowest BCUT2D eigenvalue weighted by molar-refractivity contribution is 0.313. The molecule has 0 heterocycles. The van der Waals surface area contributed by atoms with Crippen LogP contribution in [0.2, 0.25) is 0 Å². The lowest BCUT2D eigenvalue weighted by Crippen LogP contribution is -1.89. The van der Waals surface area contributed by atoms with E-state index in [1.807, 2.05) is 0 Å². The molecule has 0 N–H and O–H groups in total. The van der Waals surface area contributed by atoms with Crippen LogP contribution in [0.1, 0.15) is 25.7 Å². The Labute approximate surface area is 62.4 Å². The van der Waals surface area contributed by atoms with Gasteiger partial charge in [0.2, 0.25) is 0 Å². The van der Waals surface area contributed by atoms with Crippen molar-refractivity contribution in [2.24, 2.45) is 0 Å². The first kappa shape index (κ1) is 8.89. The Balaban J connectivity index is 2.66. The van der Waals surface area contributed by atoms with Crippen molar-refractivity contribution in [1.29, 1.82) is 0 Å². The molecule has 0 spiro atoms. The van der Waals surface area contributed by atoms with E-state index in [0.29, 0.717) is 0 Å². The van der Waals surface area contributed by atoms with Gasteiger partial charge in [-0.25, -0.2) is 0 Å². The second-order valence-electron chi connectivity index (χ2n) is 1.88. The molecule has 0 aliphatic heterocycles. The lowest BCUT2D eigenvalue weighted by atomic mass is 10.2. The van der Waals surface area contributed by atoms with Crippen LogP contribution in [0.3, 0.4) is 0 Å². The third-order valence-corrected chi connectivity index (χ3v) is 1.22. The van der Waals surface area contributed by atoms with Crippen molar-refractivity contribution >= 4 is 17.8 Å². The highest BCUT2D eigenvalue weighted by atomic mass is 32.1. The van der Waals surface area contributed by atoms with Gasteiger partial charge in [-0.2, -0.15) is 0 Å². The number of rotatable bonds is 6. The maximum Gasteiger partial charge on any atom is 0.146 e. The Morgan fingerprint density at radius 2 is 2.11 bits per heavy atom. The van der Waals surface area contributed by atoms with Crippen LogP contribution in [0.15, 0.2) is 0 Å². The number of unbranched alkanes of at least 4 members (excludes halogenated alkanes) is 3. The largest absolute Gasteiger partial charge is 0.490 e. The number of ether oxygens (including phenoxy) is 1. The van der Waals surface area contributed by atoms with E-state index >= 15 is 0 Å². The van der Waals surface area contributed by atoms with Crippen molar-refractivity contribution in [3.63, 3.8) is 0 Å². The molecule has 0 fully saturated rings. The molecule has 0 amide bonds. The second kappa shape index (κ2) is 7.89. The first-order valence-corrected chi connectivity index (χ1v) is 3.73. The van der Waals surface area contributed by atoms with E-state index in [2.05, 4.69) is 19.1 Å². The molecular formula is C7H13OS. The molecule has 53 valence electrons. The van der Waals surface area contributed by atoms with Crippen LogP contribution in [0, 0.1) is 6.92 Å². The maximum atomic E-state index is 4.85. The summed E-state index contributed by atoms with van der Waals surface area (Å²) < 4.78 is 4.85. The van der Waals surface area contributed by atoms with E-state index in [1.165, 1.54) is 18.4 Å². The van der Waals surface area contributed by atoms with Gasteiger partial charge in [-0.05, 0) is 18.6 Å². The van der Waals surface area contributed by atoms with E-state index in [1.54, 1.807) is 0 Å². The zero-order valence-electron chi connectivity index (χ0n) is 5.64. The molecule has 0 aliphatic carbocycles. The van der Waals surface area contributed by atoms with Gasteiger partial charge in [-0.1, -0.05) is 26.2 Å². The Kier molecular flexibility index (Phi) is 7.79. The highest BCUT2D eigenvalue weighted by Gasteiger charge is 1.84. The van der Waals surface area contributed by atoms with E-state index in [0.717, 1.165) is 19.4 Å². The fourth-order valence-corrected chi connectivity index (χ4v) is 0.683. The molecule has 0 rings (SSSR count). The van der Waals surface area contributed by atoms with Crippen LogP contribution in [0.4, 0.5) is 0 Å². The Morgan fingerprint density at radius 1 is 1.33 bits per heavy atom. The molecule has 1 nitrogen and oxygen atoms in total. The molecular weight excluding hydrogens is 132 g/mol. The van der Waals surface area contributed by atoms with E-state index < -0.39 is 0 Å². The van der Waals surface area contributed by atoms with Gasteiger partial charge in [0.1, 0.15) is 5.55 Å². The first-order valence-electron chi connectivity index (χ1n) is 3.26. The van der Waals surface area contributed by atoms with Crippen LogP contribution in [-0.2, 0) is 4.74 Å². The number of hydrogen-bond donors (Lipinski definition) is 0. The van der Waals surface area contributed by atoms with Crippen LogP contribution >= 0.6 is 12.2 Å². The molecule has 0 unspecified atom stereocenters. The predicted molar refractivity (Wildman–Crippen MR) is 43.4 cm³/mol. The van der Waals surface area contributed by atoms with Gasteiger partial charge >= 0.3 is 0 Å². The SMILES string of the molecule is [CH2]CCCCCOC=S. The van der Waals surface area contributed by atoms with Crippen molar-refractivity contribution in [2.45, 2.75) is 25.7 Å². The molecule has 9 heavy (non-hydrogen) atoms. The summed E-state index contributed by atoms with van der Waals surface area (Å²) in [7, 11) is 0. The molecule has 0 saturated heterocycles. The minimum absolute atomic E-state index is 0.767. The summed E-state index contributed by atoms with van der Waals surface area (Å²) in [6.07, 6.45) is 4.52. The fraction of sp³-hybridized carbons (Fsp3) is 0.714. The van der Waals surface area contributed by atoms with Gasteiger partial charge in [0.05, 0.1) is 6.61 Å². The summed E-state index contributed by atoms with van der Waals surface area (Å²) in [5.74, 6) is 0. The molecule has 1 radical (unpaired) electrons. The van der Waals surface area contributed by atoms with E-state index in [4.69, 9.17) is 4.74 Å². The molecule has 0 aromatic carbocycles. The van der Waals surface area contributed by atoms with Crippen LogP contribution in [0.5, 0.6) is 0 Å². The lowest BCUT2D eigenvalue weighted by Gasteiger charge is -1.96. The Bertz CT molecular complexity index is 63.9. The van der Waals surface area contributed by atoms with Crippen LogP contribution < -0.4 is 0 Å². The predicted octanol–water partition coefficient (Wildman–Crippen LogP) is 2.35. The average Bonchev–Trinajstić information content (AvgIpc) is 1.89. The molecule has 0 aliphatic rings. The van der Waals surface area contributed by atoms with Gasteiger partial charge < -0.3 is 4.74 Å². The van der Waals surface area contributed by atoms with Crippen molar-refractivity contribution in [3.05, 3.63) is 6.92 Å². The number of hydrogen-bond acceptors (Lipinski definition) is 2. The van der Waals surface area contributed by atoms with E-state index in [9.17, 15) is 0 Å². The third-order valence-electron chi connectivity index (χ3n) is 1.08. The highest BCUT2D eigenvalue weighted by Crippen LogP contribution is 1.97. The summed E-state index contributed by atoms with van der Waals surface area (Å²) in [6, 6.07) is 0. The summed E-state index contributed by atoms with van der Waals surface area (Å²) in [6.45, 7) is 4.50. The van der Waals surface area contributed by atoms with Gasteiger partial charge in [0, 0.05) is 0 Å². The first-order chi connectivity index (χ1) is 4.41. The molecule has 0 aromatic heterocycles. The molecule has 2 heteroatoms. The smallest absolute Gasteiger partial charge is 0.146 e. The van der Waals surface area contributed by atoms with Gasteiger partial charge in [-0.15, -0.1) is 0 Å². The minimum Gasteiger partial charge on any atom is -0.490 e. The van der Waals surface area contributed by atoms with Crippen molar-refractivity contribution in [1.82, 2.24) is 0 Å². The summed E-state index contributed by atoms with van der Waals surface area (Å²) in [4.78, 5) is 0. The second-order valence-corrected chi connectivity index (χ2v) is 2.07. The van der Waals surface area contributed by atoms with Crippen molar-refractivity contribution < 1.29 is 4.74 Å². The molecule has 0 saturated carbocycles. The van der Waals surface area contributed by atoms with Crippen LogP contribution in [-0.4, -0.2) is 12.2 Å². The number of thiocarbonyl (C=S) groups is 1. The molecule has 0 aromatic rings. The highest BCUT2D eigenvalue weighted by molar-refractivity contribution is 7.78. The zero-order valence-corrected chi connectivity index (χ0v) is 6.45. The quantitative estimate of drug-likeness (QED) is 0.419. The van der Waals surface area contributed by atoms with Crippen LogP contribution in [0.25, 0.3) is 0 Å². The Hall–Kier alpha value is -0.110. The Morgan fingerprint density at radius 3 is 2.67 bits per heavy atom. The summed E-state index contributed by atoms with van der Waals surface area (Å²) >= 11 is 4.47. The summed E-state index contributed by atoms with van der Waals surface area (Å²) in [5, 5.41) is 0. The standard InChI is InChI=1S/C7H13OS/c1-2-3-4-5-6-8-7-9/h7H,1-6H2. The third kappa shape index (κ3) is 7.89. The van der Waals surface area contributed by atoms with Gasteiger partial charge in [-0.3, -0.25) is 0 Å². The van der Waals surface area contributed by atoms with Crippen molar-refractivity contribution in [3.8, 4) is 0 Å². The summed E-state index contributed by atoms with van der Waals surface area (Å²) in [5.41, 5.74) is 1.32. The van der Waals surface area contributed by atoms with E-state index in [-0.39, 0.29) is 0 Å². The maximum absolute atomic E-state index is 4.85. The fourth-order valence-electron chi connectivity index (χ4n) is 0.587. The normalized spacial score (nSPS) is 9.00. The van der Waals surface area contributed by atoms with Crippen molar-refractivity contribution in [2.75, 3.05) is 6.61 Å². The molecule has 0 bridgehead atoms. The zero-order chi connectivity index (χ0) is 6.95. The van der Waals surface area contributed by atoms with Gasteiger partial charge in [0.15, 0.2) is 0 Å². The monoisotopic (exact) mass is 145 g/mol. The topological polar surface area (TPSA) is 9.23 Å². The molecule has 0 atom stereocenters. The van der Waals surface area contributed by atoms with Gasteiger partial charge in [0.25, 0.3) is 0 Å². The average molecular weight is 145 g/mol.